The van der Waals surface area contributed by atoms with Crippen molar-refractivity contribution in [3.63, 3.8) is 0 Å². The predicted octanol–water partition coefficient (Wildman–Crippen LogP) is 16.8. The Labute approximate surface area is 394 Å². The van der Waals surface area contributed by atoms with E-state index in [2.05, 4.69) is 268 Å². The lowest BCUT2D eigenvalue weighted by Crippen LogP contribution is -2.28. The number of rotatable bonds is 7. The highest BCUT2D eigenvalue weighted by atomic mass is 15.1. The molecule has 1 nitrogen and oxygen atoms in total. The number of benzene rings is 10. The van der Waals surface area contributed by atoms with Gasteiger partial charge in [0.25, 0.3) is 0 Å². The van der Waals surface area contributed by atoms with Crippen LogP contribution in [0.1, 0.15) is 70.8 Å². The van der Waals surface area contributed by atoms with Crippen LogP contribution in [0, 0.1) is 0 Å². The van der Waals surface area contributed by atoms with Gasteiger partial charge in [-0.05, 0) is 126 Å². The van der Waals surface area contributed by atoms with Gasteiger partial charge in [0.2, 0.25) is 0 Å². The zero-order valence-electron chi connectivity index (χ0n) is 38.0. The van der Waals surface area contributed by atoms with Gasteiger partial charge >= 0.3 is 0 Å². The molecule has 3 aliphatic rings. The van der Waals surface area contributed by atoms with Crippen LogP contribution >= 0.6 is 0 Å². The van der Waals surface area contributed by atoms with E-state index in [1.165, 1.54) is 100 Å². The molecular weight excluding hydrogens is 807 g/mol. The molecule has 1 unspecified atom stereocenters. The molecule has 0 saturated heterocycles. The molecule has 0 radical (unpaired) electrons. The number of fused-ring (bicyclic) bond motifs is 9. The van der Waals surface area contributed by atoms with E-state index in [0.717, 1.165) is 11.4 Å². The second-order valence-corrected chi connectivity index (χ2v) is 19.3. The zero-order chi connectivity index (χ0) is 44.9. The first kappa shape index (κ1) is 39.4. The second kappa shape index (κ2) is 14.8. The summed E-state index contributed by atoms with van der Waals surface area (Å²) in [6.45, 7) is 7.15. The van der Waals surface area contributed by atoms with Crippen LogP contribution in [-0.2, 0) is 16.2 Å². The first-order valence-corrected chi connectivity index (χ1v) is 23.7. The Kier molecular flexibility index (Phi) is 8.67. The minimum atomic E-state index is -0.522. The van der Waals surface area contributed by atoms with Crippen LogP contribution < -0.4 is 4.90 Å². The van der Waals surface area contributed by atoms with E-state index in [4.69, 9.17) is 0 Å². The lowest BCUT2D eigenvalue weighted by atomic mass is 9.67. The largest absolute Gasteiger partial charge is 0.310 e. The maximum Gasteiger partial charge on any atom is 0.0714 e. The van der Waals surface area contributed by atoms with Crippen LogP contribution in [-0.4, -0.2) is 0 Å². The highest BCUT2D eigenvalue weighted by molar-refractivity contribution is 5.98. The predicted molar refractivity (Wildman–Crippen MR) is 279 cm³/mol. The second-order valence-electron chi connectivity index (χ2n) is 19.3. The Morgan fingerprint density at radius 2 is 0.776 bits per heavy atom. The van der Waals surface area contributed by atoms with Crippen LogP contribution in [0.2, 0.25) is 0 Å². The average Bonchev–Trinajstić information content (AvgIpc) is 3.94. The van der Waals surface area contributed by atoms with Crippen LogP contribution in [0.25, 0.3) is 44.5 Å². The molecule has 10 aromatic carbocycles. The molecule has 13 rings (SSSR count). The molecule has 0 bridgehead atoms. The summed E-state index contributed by atoms with van der Waals surface area (Å²) >= 11 is 0. The first-order valence-electron chi connectivity index (χ1n) is 23.7. The molecule has 318 valence electrons. The number of nitrogens with zero attached hydrogens (tertiary/aromatic N) is 1. The third kappa shape index (κ3) is 5.49. The van der Waals surface area contributed by atoms with E-state index < -0.39 is 5.41 Å². The SMILES string of the molecule is CC1(C)c2ccccc2-c2c(N(c3ccc(-c4cccc5c4-c4ccccc4C5(C)c4ccccc4)cc3)c3ccc4c(c3)C(c3ccccc3)(c3ccccc3)c3ccccc3-4)cccc21. The summed E-state index contributed by atoms with van der Waals surface area (Å²) in [6.07, 6.45) is 0. The first-order chi connectivity index (χ1) is 32.9. The van der Waals surface area contributed by atoms with E-state index in [1.807, 2.05) is 0 Å². The molecule has 0 saturated carbocycles. The third-order valence-corrected chi connectivity index (χ3v) is 15.7. The van der Waals surface area contributed by atoms with E-state index >= 15 is 0 Å². The van der Waals surface area contributed by atoms with Gasteiger partial charge in [0, 0.05) is 27.8 Å². The number of hydrogen-bond donors (Lipinski definition) is 0. The van der Waals surface area contributed by atoms with Crippen molar-refractivity contribution in [3.05, 3.63) is 293 Å². The van der Waals surface area contributed by atoms with Gasteiger partial charge in [-0.15, -0.1) is 0 Å². The molecule has 1 atom stereocenters. The van der Waals surface area contributed by atoms with Gasteiger partial charge in [0.05, 0.1) is 11.1 Å². The van der Waals surface area contributed by atoms with Crippen molar-refractivity contribution in [2.24, 2.45) is 0 Å². The summed E-state index contributed by atoms with van der Waals surface area (Å²) in [5.41, 5.74) is 24.6. The molecule has 1 heteroatoms. The average molecular weight is 856 g/mol. The summed E-state index contributed by atoms with van der Waals surface area (Å²) in [6, 6.07) is 90.8. The molecule has 0 fully saturated rings. The molecule has 0 heterocycles. The minimum absolute atomic E-state index is 0.148. The van der Waals surface area contributed by atoms with E-state index in [9.17, 15) is 0 Å². The Bertz CT molecular complexity index is 3510. The molecule has 0 spiro atoms. The van der Waals surface area contributed by atoms with Crippen molar-refractivity contribution in [3.8, 4) is 44.5 Å². The van der Waals surface area contributed by atoms with Crippen LogP contribution in [0.5, 0.6) is 0 Å². The summed E-state index contributed by atoms with van der Waals surface area (Å²) in [5, 5.41) is 0. The Morgan fingerprint density at radius 3 is 1.45 bits per heavy atom. The highest BCUT2D eigenvalue weighted by Crippen LogP contribution is 2.60. The lowest BCUT2D eigenvalue weighted by molar-refractivity contribution is 0.660. The van der Waals surface area contributed by atoms with E-state index in [0.29, 0.717) is 0 Å². The fraction of sp³-hybridized carbons (Fsp3) is 0.0909. The maximum absolute atomic E-state index is 2.53. The van der Waals surface area contributed by atoms with Gasteiger partial charge in [0.15, 0.2) is 0 Å². The zero-order valence-corrected chi connectivity index (χ0v) is 38.0. The topological polar surface area (TPSA) is 3.24 Å². The number of anilines is 3. The highest BCUT2D eigenvalue weighted by Gasteiger charge is 2.47. The fourth-order valence-corrected chi connectivity index (χ4v) is 12.6. The lowest BCUT2D eigenvalue weighted by Gasteiger charge is -2.35. The quantitative estimate of drug-likeness (QED) is 0.154. The molecule has 0 N–H and O–H groups in total. The normalized spacial score (nSPS) is 16.3. The van der Waals surface area contributed by atoms with Crippen molar-refractivity contribution < 1.29 is 0 Å². The number of hydrogen-bond acceptors (Lipinski definition) is 1. The Morgan fingerprint density at radius 1 is 0.299 bits per heavy atom. The van der Waals surface area contributed by atoms with Crippen molar-refractivity contribution in [1.29, 1.82) is 0 Å². The van der Waals surface area contributed by atoms with Crippen molar-refractivity contribution in [2.45, 2.75) is 37.0 Å². The van der Waals surface area contributed by atoms with Gasteiger partial charge in [-0.3, -0.25) is 0 Å². The molecule has 67 heavy (non-hydrogen) atoms. The molecule has 3 aliphatic carbocycles. The van der Waals surface area contributed by atoms with E-state index in [-0.39, 0.29) is 10.8 Å². The van der Waals surface area contributed by atoms with Crippen LogP contribution in [0.4, 0.5) is 17.1 Å². The standard InChI is InChI=1S/C66H49N/c1-64(2)55-31-16-14-28-53(55)63-58(64)34-20-36-61(63)67(49-41-42-52-51-27-13-18-33-57(51)66(60(52)43-49,46-23-9-5-10-24-46)47-25-11-6-12-26-47)48-39-37-44(38-40-48)50-30-19-35-59-62(50)54-29-15-17-32-56(54)65(59,3)45-21-7-4-8-22-45/h4-43H,1-3H3. The van der Waals surface area contributed by atoms with Gasteiger partial charge in [0.1, 0.15) is 0 Å². The van der Waals surface area contributed by atoms with Crippen LogP contribution in [0.15, 0.2) is 243 Å². The summed E-state index contributed by atoms with van der Waals surface area (Å²) in [7, 11) is 0. The van der Waals surface area contributed by atoms with Crippen molar-refractivity contribution in [2.75, 3.05) is 4.90 Å². The molecule has 10 aromatic rings. The smallest absolute Gasteiger partial charge is 0.0714 e. The summed E-state index contributed by atoms with van der Waals surface area (Å²) < 4.78 is 0. The molecule has 0 aromatic heterocycles. The monoisotopic (exact) mass is 855 g/mol. The molecule has 0 amide bonds. The Hall–Kier alpha value is -8.00. The fourth-order valence-electron chi connectivity index (χ4n) is 12.6. The Balaban J connectivity index is 1.03. The maximum atomic E-state index is 2.53. The van der Waals surface area contributed by atoms with Crippen molar-refractivity contribution in [1.82, 2.24) is 0 Å². The van der Waals surface area contributed by atoms with Crippen molar-refractivity contribution >= 4 is 17.1 Å². The molecule has 0 aliphatic heterocycles. The minimum Gasteiger partial charge on any atom is -0.310 e. The van der Waals surface area contributed by atoms with Gasteiger partial charge < -0.3 is 4.90 Å². The van der Waals surface area contributed by atoms with Gasteiger partial charge in [-0.1, -0.05) is 226 Å². The van der Waals surface area contributed by atoms with Crippen LogP contribution in [0.3, 0.4) is 0 Å². The van der Waals surface area contributed by atoms with E-state index in [1.54, 1.807) is 0 Å². The summed E-state index contributed by atoms with van der Waals surface area (Å²) in [5.74, 6) is 0. The third-order valence-electron chi connectivity index (χ3n) is 15.7. The van der Waals surface area contributed by atoms with Gasteiger partial charge in [-0.2, -0.15) is 0 Å². The molecular formula is C66H49N. The summed E-state index contributed by atoms with van der Waals surface area (Å²) in [4.78, 5) is 2.53. The van der Waals surface area contributed by atoms with Gasteiger partial charge in [-0.25, -0.2) is 0 Å².